The van der Waals surface area contributed by atoms with E-state index in [0.717, 1.165) is 5.82 Å². The molecule has 0 N–H and O–H groups in total. The average Bonchev–Trinajstić information content (AvgIpc) is 2.74. The van der Waals surface area contributed by atoms with Gasteiger partial charge in [0.15, 0.2) is 0 Å². The molecule has 114 valence electrons. The fourth-order valence-corrected chi connectivity index (χ4v) is 2.45. The van der Waals surface area contributed by atoms with Gasteiger partial charge in [-0.2, -0.15) is 0 Å². The standard InChI is InChI=1S/C14H16Cl2FN3O/c1-19(2)14(21)4-6-20-12-8-10(17)9(16)7-11(12)18-13(20)3-5-15/h7-8H,3-6H2,1-2H3. The summed E-state index contributed by atoms with van der Waals surface area (Å²) in [7, 11) is 3.40. The smallest absolute Gasteiger partial charge is 0.223 e. The van der Waals surface area contributed by atoms with Gasteiger partial charge >= 0.3 is 0 Å². The Balaban J connectivity index is 2.40. The topological polar surface area (TPSA) is 38.1 Å². The number of carbonyl (C=O) groups is 1. The molecule has 0 aliphatic heterocycles. The third kappa shape index (κ3) is 3.47. The number of carbonyl (C=O) groups excluding carboxylic acids is 1. The van der Waals surface area contributed by atoms with Gasteiger partial charge < -0.3 is 9.47 Å². The first-order chi connectivity index (χ1) is 9.93. The lowest BCUT2D eigenvalue weighted by atomic mass is 10.3. The monoisotopic (exact) mass is 331 g/mol. The molecule has 7 heteroatoms. The fourth-order valence-electron chi connectivity index (χ4n) is 2.13. The van der Waals surface area contributed by atoms with Crippen LogP contribution in [0, 0.1) is 5.82 Å². The van der Waals surface area contributed by atoms with Gasteiger partial charge in [-0.15, -0.1) is 11.6 Å². The Hall–Kier alpha value is -1.33. The van der Waals surface area contributed by atoms with Crippen LogP contribution in [0.5, 0.6) is 0 Å². The number of fused-ring (bicyclic) bond motifs is 1. The molecule has 0 unspecified atom stereocenters. The van der Waals surface area contributed by atoms with E-state index < -0.39 is 5.82 Å². The van der Waals surface area contributed by atoms with Crippen LogP contribution in [0.4, 0.5) is 4.39 Å². The predicted octanol–water partition coefficient (Wildman–Crippen LogP) is 3.09. The number of rotatable bonds is 5. The van der Waals surface area contributed by atoms with Crippen molar-refractivity contribution in [2.24, 2.45) is 0 Å². The summed E-state index contributed by atoms with van der Waals surface area (Å²) in [6.45, 7) is 0.431. The second-order valence-electron chi connectivity index (χ2n) is 4.91. The number of nitrogens with zero attached hydrogens (tertiary/aromatic N) is 3. The highest BCUT2D eigenvalue weighted by molar-refractivity contribution is 6.31. The normalized spacial score (nSPS) is 11.1. The van der Waals surface area contributed by atoms with E-state index in [1.807, 2.05) is 4.57 Å². The molecule has 2 rings (SSSR count). The molecule has 0 saturated heterocycles. The summed E-state index contributed by atoms with van der Waals surface area (Å²) < 4.78 is 15.5. The van der Waals surface area contributed by atoms with E-state index in [2.05, 4.69) is 4.98 Å². The zero-order chi connectivity index (χ0) is 15.6. The molecular weight excluding hydrogens is 316 g/mol. The SMILES string of the molecule is CN(C)C(=O)CCn1c(CCCl)nc2cc(Cl)c(F)cc21. The predicted molar refractivity (Wildman–Crippen MR) is 82.4 cm³/mol. The zero-order valence-electron chi connectivity index (χ0n) is 11.9. The van der Waals surface area contributed by atoms with Gasteiger partial charge in [0.25, 0.3) is 0 Å². The minimum atomic E-state index is -0.498. The first-order valence-corrected chi connectivity index (χ1v) is 7.45. The summed E-state index contributed by atoms with van der Waals surface area (Å²) in [5.74, 6) is 0.638. The number of imidazole rings is 1. The van der Waals surface area contributed by atoms with Gasteiger partial charge in [-0.1, -0.05) is 11.6 Å². The molecule has 0 aliphatic rings. The van der Waals surface area contributed by atoms with Gasteiger partial charge in [0.2, 0.25) is 5.91 Å². The van der Waals surface area contributed by atoms with Gasteiger partial charge in [0, 0.05) is 45.4 Å². The molecule has 0 aliphatic carbocycles. The van der Waals surface area contributed by atoms with Gasteiger partial charge in [-0.25, -0.2) is 9.37 Å². The van der Waals surface area contributed by atoms with Crippen molar-refractivity contribution >= 4 is 40.1 Å². The molecule has 0 saturated carbocycles. The van der Waals surface area contributed by atoms with Crippen LogP contribution in [0.2, 0.25) is 5.02 Å². The lowest BCUT2D eigenvalue weighted by Crippen LogP contribution is -2.23. The summed E-state index contributed by atoms with van der Waals surface area (Å²) in [6, 6.07) is 2.84. The Kier molecular flexibility index (Phi) is 5.06. The van der Waals surface area contributed by atoms with Crippen molar-refractivity contribution in [2.45, 2.75) is 19.4 Å². The van der Waals surface area contributed by atoms with Crippen molar-refractivity contribution in [2.75, 3.05) is 20.0 Å². The summed E-state index contributed by atoms with van der Waals surface area (Å²) in [4.78, 5) is 17.7. The van der Waals surface area contributed by atoms with E-state index in [0.29, 0.717) is 36.3 Å². The molecule has 0 spiro atoms. The highest BCUT2D eigenvalue weighted by atomic mass is 35.5. The molecule has 4 nitrogen and oxygen atoms in total. The van der Waals surface area contributed by atoms with Crippen LogP contribution in [0.1, 0.15) is 12.2 Å². The fraction of sp³-hybridized carbons (Fsp3) is 0.429. The second kappa shape index (κ2) is 6.62. The number of hydrogen-bond donors (Lipinski definition) is 0. The summed E-state index contributed by atoms with van der Waals surface area (Å²) in [5, 5.41) is 0.0361. The molecule has 2 aromatic rings. The minimum Gasteiger partial charge on any atom is -0.349 e. The second-order valence-corrected chi connectivity index (χ2v) is 5.70. The zero-order valence-corrected chi connectivity index (χ0v) is 13.4. The van der Waals surface area contributed by atoms with E-state index in [1.165, 1.54) is 17.0 Å². The van der Waals surface area contributed by atoms with Gasteiger partial charge in [0.05, 0.1) is 16.1 Å². The number of halogens is 3. The van der Waals surface area contributed by atoms with Gasteiger partial charge in [-0.05, 0) is 6.07 Å². The van der Waals surface area contributed by atoms with Crippen molar-refractivity contribution in [1.29, 1.82) is 0 Å². The highest BCUT2D eigenvalue weighted by Crippen LogP contribution is 2.24. The molecule has 1 aromatic heterocycles. The molecule has 21 heavy (non-hydrogen) atoms. The lowest BCUT2D eigenvalue weighted by Gasteiger charge is -2.12. The Bertz CT molecular complexity index is 670. The number of amides is 1. The Morgan fingerprint density at radius 3 is 2.76 bits per heavy atom. The Morgan fingerprint density at radius 1 is 1.43 bits per heavy atom. The van der Waals surface area contributed by atoms with Gasteiger partial charge in [0.1, 0.15) is 11.6 Å². The first-order valence-electron chi connectivity index (χ1n) is 6.54. The van der Waals surface area contributed by atoms with Crippen LogP contribution in [-0.2, 0) is 17.8 Å². The Labute approximate surface area is 132 Å². The van der Waals surface area contributed by atoms with Crippen molar-refractivity contribution < 1.29 is 9.18 Å². The molecule has 0 radical (unpaired) electrons. The number of benzene rings is 1. The molecule has 0 bridgehead atoms. The molecule has 1 amide bonds. The summed E-state index contributed by atoms with van der Waals surface area (Å²) in [6.07, 6.45) is 0.865. The van der Waals surface area contributed by atoms with Crippen LogP contribution in [0.25, 0.3) is 11.0 Å². The molecule has 0 atom stereocenters. The van der Waals surface area contributed by atoms with Crippen molar-refractivity contribution in [3.8, 4) is 0 Å². The van der Waals surface area contributed by atoms with E-state index in [9.17, 15) is 9.18 Å². The van der Waals surface area contributed by atoms with Crippen molar-refractivity contribution in [3.63, 3.8) is 0 Å². The third-order valence-corrected chi connectivity index (χ3v) is 3.71. The van der Waals surface area contributed by atoms with Crippen LogP contribution < -0.4 is 0 Å². The number of aromatic nitrogens is 2. The van der Waals surface area contributed by atoms with E-state index in [4.69, 9.17) is 23.2 Å². The van der Waals surface area contributed by atoms with E-state index >= 15 is 0 Å². The van der Waals surface area contributed by atoms with Crippen LogP contribution in [0.15, 0.2) is 12.1 Å². The molecule has 1 aromatic carbocycles. The maximum absolute atomic E-state index is 13.7. The van der Waals surface area contributed by atoms with Crippen molar-refractivity contribution in [1.82, 2.24) is 14.5 Å². The summed E-state index contributed by atoms with van der Waals surface area (Å²) >= 11 is 11.6. The number of hydrogen-bond acceptors (Lipinski definition) is 2. The van der Waals surface area contributed by atoms with Crippen LogP contribution in [-0.4, -0.2) is 40.3 Å². The minimum absolute atomic E-state index is 0.00288. The maximum Gasteiger partial charge on any atom is 0.223 e. The maximum atomic E-state index is 13.7. The number of alkyl halides is 1. The van der Waals surface area contributed by atoms with Crippen molar-refractivity contribution in [3.05, 3.63) is 28.8 Å². The van der Waals surface area contributed by atoms with E-state index in [1.54, 1.807) is 14.1 Å². The highest BCUT2D eigenvalue weighted by Gasteiger charge is 2.15. The average molecular weight is 332 g/mol. The third-order valence-electron chi connectivity index (χ3n) is 3.24. The first kappa shape index (κ1) is 16.0. The van der Waals surface area contributed by atoms with Crippen LogP contribution in [0.3, 0.4) is 0 Å². The largest absolute Gasteiger partial charge is 0.349 e. The lowest BCUT2D eigenvalue weighted by molar-refractivity contribution is -0.128. The number of aryl methyl sites for hydroxylation is 2. The van der Waals surface area contributed by atoms with Crippen LogP contribution >= 0.6 is 23.2 Å². The summed E-state index contributed by atoms with van der Waals surface area (Å²) in [5.41, 5.74) is 1.24. The van der Waals surface area contributed by atoms with E-state index in [-0.39, 0.29) is 10.9 Å². The van der Waals surface area contributed by atoms with Gasteiger partial charge in [-0.3, -0.25) is 4.79 Å². The molecule has 1 heterocycles. The Morgan fingerprint density at radius 2 is 2.14 bits per heavy atom. The molecule has 0 fully saturated rings. The quantitative estimate of drug-likeness (QED) is 0.789. The molecular formula is C14H16Cl2FN3O.